The average molecular weight is 238 g/mol. The summed E-state index contributed by atoms with van der Waals surface area (Å²) >= 11 is 0. The molecule has 3 heteroatoms. The molecular weight excluding hydrogens is 212 g/mol. The van der Waals surface area contributed by atoms with Crippen LogP contribution in [-0.2, 0) is 4.79 Å². The largest absolute Gasteiger partial charge is 0.343 e. The fourth-order valence-electron chi connectivity index (χ4n) is 3.09. The Morgan fingerprint density at radius 1 is 1.29 bits per heavy atom. The van der Waals surface area contributed by atoms with Crippen LogP contribution in [0.4, 0.5) is 0 Å². The van der Waals surface area contributed by atoms with E-state index in [0.29, 0.717) is 11.8 Å². The van der Waals surface area contributed by atoms with Crippen molar-refractivity contribution in [2.45, 2.75) is 51.9 Å². The second-order valence-corrected chi connectivity index (χ2v) is 6.25. The van der Waals surface area contributed by atoms with Gasteiger partial charge in [-0.15, -0.1) is 0 Å². The van der Waals surface area contributed by atoms with Crippen LogP contribution in [0.15, 0.2) is 0 Å². The highest BCUT2D eigenvalue weighted by molar-refractivity contribution is 5.76. The maximum atomic E-state index is 12.1. The van der Waals surface area contributed by atoms with Gasteiger partial charge in [0.1, 0.15) is 0 Å². The Bertz CT molecular complexity index is 263. The number of hydrogen-bond donors (Lipinski definition) is 1. The van der Waals surface area contributed by atoms with Crippen LogP contribution in [0.1, 0.15) is 51.9 Å². The Morgan fingerprint density at radius 2 is 1.88 bits per heavy atom. The minimum Gasteiger partial charge on any atom is -0.343 e. The molecule has 0 aromatic rings. The Kier molecular flexibility index (Phi) is 4.08. The molecule has 0 spiro atoms. The number of hydrogen-bond acceptors (Lipinski definition) is 2. The van der Waals surface area contributed by atoms with E-state index in [4.69, 9.17) is 5.73 Å². The number of piperidine rings is 1. The van der Waals surface area contributed by atoms with Crippen LogP contribution in [-0.4, -0.2) is 30.4 Å². The van der Waals surface area contributed by atoms with Crippen molar-refractivity contribution in [3.05, 3.63) is 0 Å². The summed E-state index contributed by atoms with van der Waals surface area (Å²) in [6, 6.07) is 0. The van der Waals surface area contributed by atoms with Crippen LogP contribution >= 0.6 is 0 Å². The van der Waals surface area contributed by atoms with Gasteiger partial charge in [-0.05, 0) is 43.6 Å². The minimum absolute atomic E-state index is 0.268. The molecule has 1 heterocycles. The van der Waals surface area contributed by atoms with E-state index in [1.807, 2.05) is 0 Å². The number of carbonyl (C=O) groups is 1. The molecule has 2 N–H and O–H groups in total. The molecule has 0 atom stereocenters. The molecule has 0 bridgehead atoms. The van der Waals surface area contributed by atoms with Crippen molar-refractivity contribution in [1.82, 2.24) is 4.90 Å². The summed E-state index contributed by atoms with van der Waals surface area (Å²) in [4.78, 5) is 14.2. The molecule has 3 nitrogen and oxygen atoms in total. The van der Waals surface area contributed by atoms with Crippen molar-refractivity contribution in [2.75, 3.05) is 19.6 Å². The summed E-state index contributed by atoms with van der Waals surface area (Å²) in [6.45, 7) is 4.82. The van der Waals surface area contributed by atoms with E-state index in [0.717, 1.165) is 38.9 Å². The molecule has 1 saturated carbocycles. The number of carbonyl (C=O) groups excluding carboxylic acids is 1. The number of nitrogens with two attached hydrogens (primary N) is 1. The monoisotopic (exact) mass is 238 g/mol. The zero-order valence-electron chi connectivity index (χ0n) is 11.1. The van der Waals surface area contributed by atoms with Crippen LogP contribution in [0.3, 0.4) is 0 Å². The summed E-state index contributed by atoms with van der Waals surface area (Å²) in [7, 11) is 0. The zero-order chi connectivity index (χ0) is 12.3. The topological polar surface area (TPSA) is 46.3 Å². The van der Waals surface area contributed by atoms with Crippen molar-refractivity contribution in [2.24, 2.45) is 17.1 Å². The van der Waals surface area contributed by atoms with Crippen molar-refractivity contribution in [3.8, 4) is 0 Å². The molecule has 1 amide bonds. The maximum Gasteiger partial charge on any atom is 0.222 e. The van der Waals surface area contributed by atoms with Crippen molar-refractivity contribution in [1.29, 1.82) is 0 Å². The summed E-state index contributed by atoms with van der Waals surface area (Å²) in [6.07, 6.45) is 8.10. The third kappa shape index (κ3) is 3.21. The fourth-order valence-corrected chi connectivity index (χ4v) is 3.09. The lowest BCUT2D eigenvalue weighted by atomic mass is 9.80. The average Bonchev–Trinajstić information content (AvgIpc) is 2.83. The molecule has 1 aliphatic carbocycles. The molecule has 0 aromatic heterocycles. The molecule has 0 radical (unpaired) electrons. The molecule has 0 unspecified atom stereocenters. The first-order chi connectivity index (χ1) is 8.13. The molecule has 2 fully saturated rings. The second kappa shape index (κ2) is 5.38. The lowest BCUT2D eigenvalue weighted by molar-refractivity contribution is -0.134. The van der Waals surface area contributed by atoms with E-state index in [1.54, 1.807) is 0 Å². The predicted octanol–water partition coefficient (Wildman–Crippen LogP) is 2.15. The Labute approximate surface area is 105 Å². The van der Waals surface area contributed by atoms with Gasteiger partial charge in [-0.3, -0.25) is 4.79 Å². The number of rotatable bonds is 3. The van der Waals surface area contributed by atoms with Gasteiger partial charge in [-0.1, -0.05) is 19.8 Å². The second-order valence-electron chi connectivity index (χ2n) is 6.25. The first kappa shape index (κ1) is 12.9. The van der Waals surface area contributed by atoms with Crippen LogP contribution in [0, 0.1) is 11.3 Å². The zero-order valence-corrected chi connectivity index (χ0v) is 11.1. The van der Waals surface area contributed by atoms with Gasteiger partial charge < -0.3 is 10.6 Å². The van der Waals surface area contributed by atoms with Crippen LogP contribution in [0.25, 0.3) is 0 Å². The van der Waals surface area contributed by atoms with Gasteiger partial charge >= 0.3 is 0 Å². The van der Waals surface area contributed by atoms with Gasteiger partial charge in [0, 0.05) is 19.5 Å². The van der Waals surface area contributed by atoms with Gasteiger partial charge in [0.25, 0.3) is 0 Å². The normalized spacial score (nSPS) is 25.2. The Morgan fingerprint density at radius 3 is 2.41 bits per heavy atom. The summed E-state index contributed by atoms with van der Waals surface area (Å²) in [5, 5.41) is 0. The third-order valence-electron chi connectivity index (χ3n) is 4.75. The smallest absolute Gasteiger partial charge is 0.222 e. The van der Waals surface area contributed by atoms with Crippen LogP contribution in [0.5, 0.6) is 0 Å². The van der Waals surface area contributed by atoms with Gasteiger partial charge in [0.2, 0.25) is 5.91 Å². The van der Waals surface area contributed by atoms with E-state index in [1.165, 1.54) is 25.7 Å². The van der Waals surface area contributed by atoms with Crippen molar-refractivity contribution >= 4 is 5.91 Å². The van der Waals surface area contributed by atoms with Crippen LogP contribution < -0.4 is 5.73 Å². The minimum atomic E-state index is 0.268. The van der Waals surface area contributed by atoms with Gasteiger partial charge in [-0.25, -0.2) is 0 Å². The standard InChI is InChI=1S/C14H26N2O/c1-14(11-15)6-8-16(9-7-14)13(17)10-12-4-2-3-5-12/h12H,2-11,15H2,1H3. The number of likely N-dealkylation sites (tertiary alicyclic amines) is 1. The highest BCUT2D eigenvalue weighted by atomic mass is 16.2. The molecular formula is C14H26N2O. The molecule has 17 heavy (non-hydrogen) atoms. The van der Waals surface area contributed by atoms with E-state index in [2.05, 4.69) is 11.8 Å². The Balaban J connectivity index is 1.77. The molecule has 98 valence electrons. The van der Waals surface area contributed by atoms with Gasteiger partial charge in [0.05, 0.1) is 0 Å². The van der Waals surface area contributed by atoms with E-state index < -0.39 is 0 Å². The Hall–Kier alpha value is -0.570. The highest BCUT2D eigenvalue weighted by Gasteiger charge is 2.31. The van der Waals surface area contributed by atoms with Crippen LogP contribution in [0.2, 0.25) is 0 Å². The molecule has 2 aliphatic rings. The van der Waals surface area contributed by atoms with Gasteiger partial charge in [-0.2, -0.15) is 0 Å². The van der Waals surface area contributed by atoms with Crippen molar-refractivity contribution in [3.63, 3.8) is 0 Å². The van der Waals surface area contributed by atoms with E-state index >= 15 is 0 Å². The first-order valence-corrected chi connectivity index (χ1v) is 7.11. The molecule has 0 aromatic carbocycles. The molecule has 2 rings (SSSR count). The SMILES string of the molecule is CC1(CN)CCN(C(=O)CC2CCCC2)CC1. The summed E-state index contributed by atoms with van der Waals surface area (Å²) in [5.74, 6) is 1.06. The first-order valence-electron chi connectivity index (χ1n) is 7.11. The van der Waals surface area contributed by atoms with E-state index in [9.17, 15) is 4.79 Å². The number of nitrogens with zero attached hydrogens (tertiary/aromatic N) is 1. The highest BCUT2D eigenvalue weighted by Crippen LogP contribution is 2.32. The summed E-state index contributed by atoms with van der Waals surface area (Å²) < 4.78 is 0. The lowest BCUT2D eigenvalue weighted by Crippen LogP contribution is -2.45. The number of amides is 1. The lowest BCUT2D eigenvalue weighted by Gasteiger charge is -2.39. The molecule has 1 aliphatic heterocycles. The quantitative estimate of drug-likeness (QED) is 0.819. The van der Waals surface area contributed by atoms with Gasteiger partial charge in [0.15, 0.2) is 0 Å². The predicted molar refractivity (Wildman–Crippen MR) is 69.6 cm³/mol. The molecule has 1 saturated heterocycles. The summed E-state index contributed by atoms with van der Waals surface area (Å²) in [5.41, 5.74) is 6.06. The van der Waals surface area contributed by atoms with E-state index in [-0.39, 0.29) is 5.41 Å². The third-order valence-corrected chi connectivity index (χ3v) is 4.75. The fraction of sp³-hybridized carbons (Fsp3) is 0.929. The van der Waals surface area contributed by atoms with Crippen molar-refractivity contribution < 1.29 is 4.79 Å². The maximum absolute atomic E-state index is 12.1.